The summed E-state index contributed by atoms with van der Waals surface area (Å²) < 4.78 is 26.2. The molecule has 0 saturated heterocycles. The fraction of sp³-hybridized carbons (Fsp3) is 0.267. The van der Waals surface area contributed by atoms with E-state index in [-0.39, 0.29) is 16.4 Å². The zero-order valence-corrected chi connectivity index (χ0v) is 12.5. The van der Waals surface area contributed by atoms with Gasteiger partial charge >= 0.3 is 0 Å². The van der Waals surface area contributed by atoms with Gasteiger partial charge in [-0.15, -0.1) is 0 Å². The number of aromatic nitrogens is 1. The first kappa shape index (κ1) is 14.5. The topological polar surface area (TPSA) is 56.1 Å². The number of carbonyl (C=O) groups excluding carboxylic acids is 1. The van der Waals surface area contributed by atoms with E-state index >= 15 is 0 Å². The van der Waals surface area contributed by atoms with Crippen LogP contribution in [0.5, 0.6) is 0 Å². The molecule has 1 aromatic heterocycles. The maximum Gasteiger partial charge on any atom is 0.268 e. The molecule has 4 nitrogen and oxygen atoms in total. The second-order valence-corrected chi connectivity index (χ2v) is 7.40. The average Bonchev–Trinajstić information content (AvgIpc) is 2.87. The van der Waals surface area contributed by atoms with E-state index in [1.54, 1.807) is 45.0 Å². The Kier molecular flexibility index (Phi) is 3.56. The summed E-state index contributed by atoms with van der Waals surface area (Å²) in [6.07, 6.45) is 1.40. The molecule has 1 heterocycles. The van der Waals surface area contributed by atoms with E-state index in [1.807, 2.05) is 0 Å². The molecule has 0 radical (unpaired) electrons. The molecule has 20 heavy (non-hydrogen) atoms. The van der Waals surface area contributed by atoms with Crippen molar-refractivity contribution in [1.82, 2.24) is 3.97 Å². The molecule has 106 valence electrons. The van der Waals surface area contributed by atoms with Crippen molar-refractivity contribution in [3.8, 4) is 0 Å². The molecule has 0 saturated carbocycles. The zero-order valence-electron chi connectivity index (χ0n) is 11.7. The van der Waals surface area contributed by atoms with Gasteiger partial charge in [-0.25, -0.2) is 12.4 Å². The minimum absolute atomic E-state index is 0.166. The van der Waals surface area contributed by atoms with E-state index in [0.29, 0.717) is 0 Å². The first-order valence-corrected chi connectivity index (χ1v) is 7.71. The van der Waals surface area contributed by atoms with Crippen LogP contribution >= 0.6 is 0 Å². The third-order valence-electron chi connectivity index (χ3n) is 2.93. The van der Waals surface area contributed by atoms with Crippen molar-refractivity contribution in [1.29, 1.82) is 0 Å². The van der Waals surface area contributed by atoms with Crippen LogP contribution in [0.3, 0.4) is 0 Å². The smallest absolute Gasteiger partial charge is 0.268 e. The minimum atomic E-state index is -3.74. The molecule has 5 heteroatoms. The molecular weight excluding hydrogens is 274 g/mol. The number of hydrogen-bond donors (Lipinski definition) is 0. The summed E-state index contributed by atoms with van der Waals surface area (Å²) in [7, 11) is -3.74. The number of ketones is 1. The fourth-order valence-corrected chi connectivity index (χ4v) is 3.20. The Labute approximate surface area is 119 Å². The second-order valence-electron chi connectivity index (χ2n) is 5.59. The number of nitrogens with zero attached hydrogens (tertiary/aromatic N) is 1. The van der Waals surface area contributed by atoms with Gasteiger partial charge in [0.2, 0.25) is 0 Å². The summed E-state index contributed by atoms with van der Waals surface area (Å²) in [6.45, 7) is 5.30. The summed E-state index contributed by atoms with van der Waals surface area (Å²) in [6, 6.07) is 11.2. The predicted molar refractivity (Wildman–Crippen MR) is 77.2 cm³/mol. The lowest BCUT2D eigenvalue weighted by Gasteiger charge is -2.18. The molecule has 0 unspecified atom stereocenters. The van der Waals surface area contributed by atoms with Crippen LogP contribution in [0.2, 0.25) is 0 Å². The maximum atomic E-state index is 12.6. The van der Waals surface area contributed by atoms with Crippen LogP contribution in [0.15, 0.2) is 53.6 Å². The summed E-state index contributed by atoms with van der Waals surface area (Å²) in [4.78, 5) is 12.5. The molecule has 1 aromatic carbocycles. The highest BCUT2D eigenvalue weighted by molar-refractivity contribution is 7.90. The Morgan fingerprint density at radius 3 is 2.15 bits per heavy atom. The Morgan fingerprint density at radius 2 is 1.60 bits per heavy atom. The Balaban J connectivity index is 2.57. The van der Waals surface area contributed by atoms with Crippen molar-refractivity contribution in [2.45, 2.75) is 25.7 Å². The van der Waals surface area contributed by atoms with Crippen LogP contribution in [-0.2, 0) is 10.0 Å². The molecule has 0 aliphatic carbocycles. The zero-order chi connectivity index (χ0) is 15.0. The summed E-state index contributed by atoms with van der Waals surface area (Å²) in [5, 5.41) is 0. The molecule has 2 aromatic rings. The SMILES string of the molecule is CC(C)(C)C(=O)c1cccn1S(=O)(=O)c1ccccc1. The molecule has 0 aliphatic heterocycles. The second kappa shape index (κ2) is 4.90. The van der Waals surface area contributed by atoms with Gasteiger partial charge in [0.15, 0.2) is 5.78 Å². The van der Waals surface area contributed by atoms with Gasteiger partial charge in [0.1, 0.15) is 5.69 Å². The normalized spacial score (nSPS) is 12.3. The minimum Gasteiger partial charge on any atom is -0.292 e. The van der Waals surface area contributed by atoms with Gasteiger partial charge in [0, 0.05) is 11.6 Å². The fourth-order valence-electron chi connectivity index (χ4n) is 1.84. The van der Waals surface area contributed by atoms with E-state index in [4.69, 9.17) is 0 Å². The Morgan fingerprint density at radius 1 is 1.00 bits per heavy atom. The molecule has 2 rings (SSSR count). The number of rotatable bonds is 3. The van der Waals surface area contributed by atoms with Crippen LogP contribution in [-0.4, -0.2) is 18.2 Å². The van der Waals surface area contributed by atoms with E-state index in [2.05, 4.69) is 0 Å². The van der Waals surface area contributed by atoms with Gasteiger partial charge in [-0.3, -0.25) is 4.79 Å². The number of Topliss-reactive ketones (excluding diaryl/α,β-unsaturated/α-hetero) is 1. The molecule has 0 atom stereocenters. The van der Waals surface area contributed by atoms with Gasteiger partial charge in [0.05, 0.1) is 4.90 Å². The quantitative estimate of drug-likeness (QED) is 0.817. The first-order chi connectivity index (χ1) is 9.24. The molecule has 0 fully saturated rings. The maximum absolute atomic E-state index is 12.6. The number of benzene rings is 1. The van der Waals surface area contributed by atoms with Crippen LogP contribution in [0.1, 0.15) is 31.3 Å². The Hall–Kier alpha value is -1.88. The van der Waals surface area contributed by atoms with Crippen LogP contribution in [0.25, 0.3) is 0 Å². The molecule has 0 bridgehead atoms. The summed E-state index contributed by atoms with van der Waals surface area (Å²) in [5.74, 6) is -0.206. The van der Waals surface area contributed by atoms with Crippen molar-refractivity contribution in [3.63, 3.8) is 0 Å². The van der Waals surface area contributed by atoms with E-state index in [0.717, 1.165) is 3.97 Å². The number of hydrogen-bond acceptors (Lipinski definition) is 3. The predicted octanol–water partition coefficient (Wildman–Crippen LogP) is 2.95. The van der Waals surface area contributed by atoms with Crippen LogP contribution in [0, 0.1) is 5.41 Å². The van der Waals surface area contributed by atoms with Gasteiger partial charge < -0.3 is 0 Å². The van der Waals surface area contributed by atoms with E-state index in [9.17, 15) is 13.2 Å². The van der Waals surface area contributed by atoms with E-state index < -0.39 is 15.4 Å². The van der Waals surface area contributed by atoms with Crippen molar-refractivity contribution in [3.05, 3.63) is 54.4 Å². The summed E-state index contributed by atoms with van der Waals surface area (Å²) >= 11 is 0. The lowest BCUT2D eigenvalue weighted by atomic mass is 9.89. The van der Waals surface area contributed by atoms with Gasteiger partial charge in [0.25, 0.3) is 10.0 Å². The van der Waals surface area contributed by atoms with E-state index in [1.165, 1.54) is 24.4 Å². The lowest BCUT2D eigenvalue weighted by molar-refractivity contribution is 0.0852. The van der Waals surface area contributed by atoms with Gasteiger partial charge in [-0.2, -0.15) is 0 Å². The van der Waals surface area contributed by atoms with Crippen LogP contribution in [0.4, 0.5) is 0 Å². The third kappa shape index (κ3) is 2.54. The average molecular weight is 291 g/mol. The Bertz CT molecular complexity index is 722. The van der Waals surface area contributed by atoms with Gasteiger partial charge in [-0.05, 0) is 24.3 Å². The van der Waals surface area contributed by atoms with Crippen molar-refractivity contribution in [2.75, 3.05) is 0 Å². The molecular formula is C15H17NO3S. The van der Waals surface area contributed by atoms with Crippen molar-refractivity contribution >= 4 is 15.8 Å². The van der Waals surface area contributed by atoms with Crippen LogP contribution < -0.4 is 0 Å². The standard InChI is InChI=1S/C15H17NO3S/c1-15(2,3)14(17)13-10-7-11-16(13)20(18,19)12-8-5-4-6-9-12/h4-11H,1-3H3. The highest BCUT2D eigenvalue weighted by Gasteiger charge is 2.29. The lowest BCUT2D eigenvalue weighted by Crippen LogP contribution is -2.26. The monoisotopic (exact) mass is 291 g/mol. The highest BCUT2D eigenvalue weighted by Crippen LogP contribution is 2.24. The molecule has 0 amide bonds. The van der Waals surface area contributed by atoms with Crippen molar-refractivity contribution < 1.29 is 13.2 Å². The van der Waals surface area contributed by atoms with Gasteiger partial charge in [-0.1, -0.05) is 39.0 Å². The summed E-state index contributed by atoms with van der Waals surface area (Å²) in [5.41, 5.74) is -0.455. The first-order valence-electron chi connectivity index (χ1n) is 6.27. The largest absolute Gasteiger partial charge is 0.292 e. The third-order valence-corrected chi connectivity index (χ3v) is 4.63. The van der Waals surface area contributed by atoms with Crippen molar-refractivity contribution in [2.24, 2.45) is 5.41 Å². The molecule has 0 N–H and O–H groups in total. The molecule has 0 spiro atoms. The highest BCUT2D eigenvalue weighted by atomic mass is 32.2. The number of carbonyl (C=O) groups is 1. The molecule has 0 aliphatic rings.